The topological polar surface area (TPSA) is 46.2 Å². The highest BCUT2D eigenvalue weighted by atomic mass is 16.5. The molecule has 0 aliphatic rings. The highest BCUT2D eigenvalue weighted by molar-refractivity contribution is 6.11. The lowest BCUT2D eigenvalue weighted by Gasteiger charge is -2.24. The summed E-state index contributed by atoms with van der Waals surface area (Å²) in [4.78, 5) is 0. The number of hydrogen-bond acceptors (Lipinski definition) is 5. The van der Waals surface area contributed by atoms with Crippen LogP contribution in [0.15, 0.2) is 267 Å². The molecule has 0 heterocycles. The van der Waals surface area contributed by atoms with Gasteiger partial charge in [0, 0.05) is 22.3 Å². The SMILES string of the molecule is c1ccc(C(Oc2ccc3ccccc3c2-c2c(OCCOCCOc3ccc4ccccc4c3-c3c(OC(c4ccccc4)c4ccccc4)ccc4ccccc34)ccc3ccccc23)c2ccccc2)cc1. The maximum atomic E-state index is 7.23. The Hall–Kier alpha value is -9.16. The van der Waals surface area contributed by atoms with Crippen molar-refractivity contribution in [3.05, 3.63) is 289 Å². The van der Waals surface area contributed by atoms with Crippen molar-refractivity contribution in [3.63, 3.8) is 0 Å². The van der Waals surface area contributed by atoms with E-state index in [0.29, 0.717) is 26.4 Å². The van der Waals surface area contributed by atoms with E-state index >= 15 is 0 Å². The fraction of sp³-hybridized carbons (Fsp3) is 0.0857. The van der Waals surface area contributed by atoms with Crippen LogP contribution in [-0.4, -0.2) is 26.4 Å². The minimum atomic E-state index is -0.345. The average molecular weight is 975 g/mol. The molecule has 0 unspecified atom stereocenters. The van der Waals surface area contributed by atoms with Crippen LogP contribution in [0.5, 0.6) is 23.0 Å². The molecule has 12 aromatic rings. The second-order valence-corrected chi connectivity index (χ2v) is 18.6. The molecule has 0 atom stereocenters. The van der Waals surface area contributed by atoms with Crippen molar-refractivity contribution in [2.45, 2.75) is 12.2 Å². The Morgan fingerprint density at radius 3 is 0.787 bits per heavy atom. The molecular formula is C70H54O5. The maximum Gasteiger partial charge on any atom is 0.149 e. The van der Waals surface area contributed by atoms with Crippen LogP contribution < -0.4 is 18.9 Å². The van der Waals surface area contributed by atoms with Gasteiger partial charge in [-0.05, 0) is 89.6 Å². The Morgan fingerprint density at radius 1 is 0.227 bits per heavy atom. The van der Waals surface area contributed by atoms with Gasteiger partial charge < -0.3 is 23.7 Å². The molecule has 0 radical (unpaired) electrons. The molecule has 0 aromatic heterocycles. The number of benzene rings is 12. The van der Waals surface area contributed by atoms with Gasteiger partial charge in [0.1, 0.15) is 48.4 Å². The lowest BCUT2D eigenvalue weighted by molar-refractivity contribution is 0.0767. The smallest absolute Gasteiger partial charge is 0.149 e. The zero-order valence-corrected chi connectivity index (χ0v) is 41.4. The van der Waals surface area contributed by atoms with Gasteiger partial charge in [-0.25, -0.2) is 0 Å². The average Bonchev–Trinajstić information content (AvgIpc) is 3.48. The Morgan fingerprint density at radius 2 is 0.480 bits per heavy atom. The third kappa shape index (κ3) is 9.90. The summed E-state index contributed by atoms with van der Waals surface area (Å²) in [6.07, 6.45) is -0.691. The predicted octanol–water partition coefficient (Wildman–Crippen LogP) is 17.4. The zero-order chi connectivity index (χ0) is 50.2. The van der Waals surface area contributed by atoms with Crippen LogP contribution in [0.1, 0.15) is 34.5 Å². The van der Waals surface area contributed by atoms with Crippen molar-refractivity contribution >= 4 is 43.1 Å². The van der Waals surface area contributed by atoms with E-state index in [1.807, 2.05) is 24.3 Å². The van der Waals surface area contributed by atoms with E-state index in [0.717, 1.165) is 111 Å². The van der Waals surface area contributed by atoms with Crippen molar-refractivity contribution in [2.24, 2.45) is 0 Å². The molecule has 0 N–H and O–H groups in total. The normalized spacial score (nSPS) is 11.4. The van der Waals surface area contributed by atoms with E-state index in [1.165, 1.54) is 0 Å². The Kier molecular flexibility index (Phi) is 13.7. The molecule has 12 aromatic carbocycles. The van der Waals surface area contributed by atoms with Crippen molar-refractivity contribution in [2.75, 3.05) is 26.4 Å². The summed E-state index contributed by atoms with van der Waals surface area (Å²) in [6.45, 7) is 1.35. The Balaban J connectivity index is 0.822. The molecule has 0 amide bonds. The molecule has 364 valence electrons. The summed E-state index contributed by atoms with van der Waals surface area (Å²) in [7, 11) is 0. The minimum Gasteiger partial charge on any atom is -0.491 e. The van der Waals surface area contributed by atoms with Gasteiger partial charge in [-0.1, -0.05) is 243 Å². The molecule has 12 rings (SSSR count). The summed E-state index contributed by atoms with van der Waals surface area (Å²) in [5.74, 6) is 3.04. The first-order chi connectivity index (χ1) is 37.2. The first-order valence-corrected chi connectivity index (χ1v) is 25.7. The molecule has 0 aliphatic heterocycles. The third-order valence-corrected chi connectivity index (χ3v) is 13.9. The van der Waals surface area contributed by atoms with Gasteiger partial charge in [0.05, 0.1) is 13.2 Å². The van der Waals surface area contributed by atoms with Crippen LogP contribution in [0.4, 0.5) is 0 Å². The van der Waals surface area contributed by atoms with Gasteiger partial charge in [-0.3, -0.25) is 0 Å². The summed E-state index contributed by atoms with van der Waals surface area (Å²) in [5, 5.41) is 8.74. The number of hydrogen-bond donors (Lipinski definition) is 0. The summed E-state index contributed by atoms with van der Waals surface area (Å²) in [6, 6.07) is 92.5. The Bertz CT molecular complexity index is 3540. The maximum absolute atomic E-state index is 7.23. The number of fused-ring (bicyclic) bond motifs is 4. The third-order valence-electron chi connectivity index (χ3n) is 13.9. The molecular weight excluding hydrogens is 921 g/mol. The van der Waals surface area contributed by atoms with Gasteiger partial charge in [0.25, 0.3) is 0 Å². The summed E-state index contributed by atoms with van der Waals surface area (Å²) >= 11 is 0. The quantitative estimate of drug-likeness (QED) is 0.0802. The van der Waals surface area contributed by atoms with Gasteiger partial charge in [-0.15, -0.1) is 0 Å². The fourth-order valence-corrected chi connectivity index (χ4v) is 10.4. The van der Waals surface area contributed by atoms with E-state index in [-0.39, 0.29) is 12.2 Å². The molecule has 0 saturated carbocycles. The van der Waals surface area contributed by atoms with Gasteiger partial charge in [-0.2, -0.15) is 0 Å². The first kappa shape index (κ1) is 46.9. The molecule has 0 spiro atoms. The van der Waals surface area contributed by atoms with E-state index < -0.39 is 0 Å². The molecule has 0 saturated heterocycles. The Labute approximate surface area is 437 Å². The number of ether oxygens (including phenoxy) is 5. The zero-order valence-electron chi connectivity index (χ0n) is 41.4. The highest BCUT2D eigenvalue weighted by Crippen LogP contribution is 2.49. The largest absolute Gasteiger partial charge is 0.491 e. The molecule has 5 nitrogen and oxygen atoms in total. The van der Waals surface area contributed by atoms with Gasteiger partial charge in [0.2, 0.25) is 0 Å². The molecule has 0 fully saturated rings. The lowest BCUT2D eigenvalue weighted by atomic mass is 9.92. The standard InChI is InChI=1S/C70H54O5/c1-5-25-53(26-6-1)69(54-27-7-2-8-28-54)74-63-43-39-51-23-15-19-35-59(51)67(63)65-57-33-17-13-21-49(57)37-41-61(65)72-47-45-71-46-48-73-62-42-38-50-22-14-18-34-58(50)66(62)68-60-36-20-16-24-52(60)40-44-64(68)75-70(55-29-9-3-10-30-55)56-31-11-4-12-32-56/h1-44,69-70H,45-48H2. The van der Waals surface area contributed by atoms with E-state index in [9.17, 15) is 0 Å². The van der Waals surface area contributed by atoms with Crippen molar-refractivity contribution in [1.29, 1.82) is 0 Å². The monoisotopic (exact) mass is 974 g/mol. The predicted molar refractivity (Wildman–Crippen MR) is 306 cm³/mol. The van der Waals surface area contributed by atoms with Crippen LogP contribution in [0.2, 0.25) is 0 Å². The summed E-state index contributed by atoms with van der Waals surface area (Å²) < 4.78 is 34.4. The van der Waals surface area contributed by atoms with Crippen LogP contribution in [0.3, 0.4) is 0 Å². The van der Waals surface area contributed by atoms with Crippen molar-refractivity contribution in [1.82, 2.24) is 0 Å². The molecule has 75 heavy (non-hydrogen) atoms. The van der Waals surface area contributed by atoms with Crippen LogP contribution in [-0.2, 0) is 4.74 Å². The van der Waals surface area contributed by atoms with E-state index in [1.54, 1.807) is 0 Å². The first-order valence-electron chi connectivity index (χ1n) is 25.7. The van der Waals surface area contributed by atoms with Crippen molar-refractivity contribution in [3.8, 4) is 45.3 Å². The second-order valence-electron chi connectivity index (χ2n) is 18.6. The minimum absolute atomic E-state index is 0.324. The van der Waals surface area contributed by atoms with Crippen molar-refractivity contribution < 1.29 is 23.7 Å². The second kappa shape index (κ2) is 21.9. The lowest BCUT2D eigenvalue weighted by Crippen LogP contribution is -2.13. The summed E-state index contributed by atoms with van der Waals surface area (Å²) in [5.41, 5.74) is 8.18. The van der Waals surface area contributed by atoms with Gasteiger partial charge in [0.15, 0.2) is 0 Å². The van der Waals surface area contributed by atoms with E-state index in [2.05, 4.69) is 243 Å². The van der Waals surface area contributed by atoms with E-state index in [4.69, 9.17) is 23.7 Å². The van der Waals surface area contributed by atoms with Crippen LogP contribution in [0, 0.1) is 0 Å². The molecule has 5 heteroatoms. The highest BCUT2D eigenvalue weighted by Gasteiger charge is 2.25. The fourth-order valence-electron chi connectivity index (χ4n) is 10.4. The van der Waals surface area contributed by atoms with Gasteiger partial charge >= 0.3 is 0 Å². The van der Waals surface area contributed by atoms with Crippen LogP contribution >= 0.6 is 0 Å². The van der Waals surface area contributed by atoms with Crippen LogP contribution in [0.25, 0.3) is 65.3 Å². The molecule has 0 aliphatic carbocycles. The number of rotatable bonds is 18. The molecule has 0 bridgehead atoms.